The molecule has 1 aliphatic carbocycles. The summed E-state index contributed by atoms with van der Waals surface area (Å²) >= 11 is 0. The van der Waals surface area contributed by atoms with Crippen LogP contribution in [0.3, 0.4) is 0 Å². The average Bonchev–Trinajstić information content (AvgIpc) is 3.26. The van der Waals surface area contributed by atoms with Gasteiger partial charge in [0.25, 0.3) is 0 Å². The van der Waals surface area contributed by atoms with E-state index in [1.165, 1.54) is 24.0 Å². The van der Waals surface area contributed by atoms with E-state index in [2.05, 4.69) is 43.0 Å². The van der Waals surface area contributed by atoms with Gasteiger partial charge in [-0.1, -0.05) is 24.3 Å². The molecule has 2 fully saturated rings. The van der Waals surface area contributed by atoms with Crippen LogP contribution in [-0.2, 0) is 4.74 Å². The summed E-state index contributed by atoms with van der Waals surface area (Å²) in [5, 5.41) is 0. The van der Waals surface area contributed by atoms with Crippen LogP contribution in [0.4, 0.5) is 0 Å². The number of ether oxygens (including phenoxy) is 1. The molecule has 1 aliphatic heterocycles. The van der Waals surface area contributed by atoms with Gasteiger partial charge < -0.3 is 10.5 Å². The van der Waals surface area contributed by atoms with E-state index in [4.69, 9.17) is 10.5 Å². The molecule has 3 nitrogen and oxygen atoms in total. The summed E-state index contributed by atoms with van der Waals surface area (Å²) in [7, 11) is 0. The minimum absolute atomic E-state index is 0.0530. The molecular formula is C17H26N2O. The lowest BCUT2D eigenvalue weighted by Gasteiger charge is -2.46. The maximum atomic E-state index is 6.08. The highest BCUT2D eigenvalue weighted by molar-refractivity contribution is 5.30. The first-order valence-corrected chi connectivity index (χ1v) is 7.76. The molecule has 2 aliphatic rings. The highest BCUT2D eigenvalue weighted by Crippen LogP contribution is 2.40. The van der Waals surface area contributed by atoms with E-state index in [9.17, 15) is 0 Å². The van der Waals surface area contributed by atoms with Crippen molar-refractivity contribution in [3.05, 3.63) is 35.4 Å². The van der Waals surface area contributed by atoms with Crippen molar-refractivity contribution in [3.63, 3.8) is 0 Å². The van der Waals surface area contributed by atoms with Crippen molar-refractivity contribution in [3.8, 4) is 0 Å². The van der Waals surface area contributed by atoms with Crippen LogP contribution in [0.25, 0.3) is 0 Å². The molecule has 1 aromatic rings. The van der Waals surface area contributed by atoms with Gasteiger partial charge in [-0.3, -0.25) is 4.90 Å². The maximum absolute atomic E-state index is 6.08. The summed E-state index contributed by atoms with van der Waals surface area (Å²) in [5.74, 6) is 0.820. The van der Waals surface area contributed by atoms with E-state index in [0.717, 1.165) is 25.7 Å². The molecule has 1 heterocycles. The van der Waals surface area contributed by atoms with Crippen LogP contribution < -0.4 is 5.73 Å². The second-order valence-corrected chi connectivity index (χ2v) is 6.75. The van der Waals surface area contributed by atoms with Crippen molar-refractivity contribution in [2.45, 2.75) is 44.2 Å². The van der Waals surface area contributed by atoms with Gasteiger partial charge in [-0.25, -0.2) is 0 Å². The van der Waals surface area contributed by atoms with E-state index in [1.54, 1.807) is 0 Å². The van der Waals surface area contributed by atoms with Crippen molar-refractivity contribution >= 4 is 0 Å². The number of hydrogen-bond donors (Lipinski definition) is 1. The zero-order valence-corrected chi connectivity index (χ0v) is 12.6. The number of rotatable bonds is 4. The van der Waals surface area contributed by atoms with Gasteiger partial charge in [-0.15, -0.1) is 0 Å². The normalized spacial score (nSPS) is 24.6. The monoisotopic (exact) mass is 274 g/mol. The standard InChI is InChI=1S/C17H26N2O/c1-17(2)12-20-10-9-19(17)16(11-18)15-7-5-14(6-8-15)13-3-4-13/h5-8,13,16H,3-4,9-12,18H2,1-2H3. The molecule has 0 radical (unpaired) electrons. The van der Waals surface area contributed by atoms with Gasteiger partial charge in [-0.2, -0.15) is 0 Å². The fraction of sp³-hybridized carbons (Fsp3) is 0.647. The Hall–Kier alpha value is -0.900. The van der Waals surface area contributed by atoms with Gasteiger partial charge in [-0.05, 0) is 43.7 Å². The second kappa shape index (κ2) is 5.47. The molecule has 0 aromatic heterocycles. The van der Waals surface area contributed by atoms with Crippen LogP contribution in [0, 0.1) is 0 Å². The van der Waals surface area contributed by atoms with Gasteiger partial charge >= 0.3 is 0 Å². The quantitative estimate of drug-likeness (QED) is 0.917. The molecule has 2 N–H and O–H groups in total. The lowest BCUT2D eigenvalue weighted by molar-refractivity contribution is -0.0712. The number of morpholine rings is 1. The Morgan fingerprint density at radius 2 is 2.00 bits per heavy atom. The van der Waals surface area contributed by atoms with Crippen molar-refractivity contribution in [1.29, 1.82) is 0 Å². The Morgan fingerprint density at radius 1 is 1.30 bits per heavy atom. The Morgan fingerprint density at radius 3 is 2.55 bits per heavy atom. The lowest BCUT2D eigenvalue weighted by atomic mass is 9.95. The Bertz CT molecular complexity index is 451. The number of nitrogens with two attached hydrogens (primary N) is 1. The topological polar surface area (TPSA) is 38.5 Å². The molecule has 0 spiro atoms. The summed E-state index contributed by atoms with van der Waals surface area (Å²) in [5.41, 5.74) is 8.97. The van der Waals surface area contributed by atoms with Gasteiger partial charge in [0.15, 0.2) is 0 Å². The van der Waals surface area contributed by atoms with Crippen molar-refractivity contribution in [1.82, 2.24) is 4.90 Å². The van der Waals surface area contributed by atoms with E-state index >= 15 is 0 Å². The molecule has 0 amide bonds. The van der Waals surface area contributed by atoms with Gasteiger partial charge in [0.2, 0.25) is 0 Å². The smallest absolute Gasteiger partial charge is 0.0645 e. The Balaban J connectivity index is 1.80. The highest BCUT2D eigenvalue weighted by atomic mass is 16.5. The zero-order valence-electron chi connectivity index (χ0n) is 12.6. The fourth-order valence-electron chi connectivity index (χ4n) is 3.30. The van der Waals surface area contributed by atoms with Gasteiger partial charge in [0.1, 0.15) is 0 Å². The molecule has 1 saturated carbocycles. The summed E-state index contributed by atoms with van der Waals surface area (Å²) in [6.07, 6.45) is 2.71. The van der Waals surface area contributed by atoms with E-state index < -0.39 is 0 Å². The van der Waals surface area contributed by atoms with Crippen LogP contribution in [0.5, 0.6) is 0 Å². The fourth-order valence-corrected chi connectivity index (χ4v) is 3.30. The van der Waals surface area contributed by atoms with Crippen molar-refractivity contribution in [2.75, 3.05) is 26.3 Å². The number of nitrogens with zero attached hydrogens (tertiary/aromatic N) is 1. The predicted octanol–water partition coefficient (Wildman–Crippen LogP) is 2.67. The average molecular weight is 274 g/mol. The van der Waals surface area contributed by atoms with Crippen molar-refractivity contribution < 1.29 is 4.74 Å². The zero-order chi connectivity index (χ0) is 14.2. The third-order valence-corrected chi connectivity index (χ3v) is 4.68. The molecule has 20 heavy (non-hydrogen) atoms. The molecule has 1 unspecified atom stereocenters. The summed E-state index contributed by atoms with van der Waals surface area (Å²) < 4.78 is 5.62. The molecule has 0 bridgehead atoms. The Labute approximate surface area is 122 Å². The molecule has 110 valence electrons. The third kappa shape index (κ3) is 2.76. The molecule has 3 heteroatoms. The van der Waals surface area contributed by atoms with E-state index in [-0.39, 0.29) is 5.54 Å². The molecule has 1 aromatic carbocycles. The number of benzene rings is 1. The largest absolute Gasteiger partial charge is 0.378 e. The SMILES string of the molecule is CC1(C)COCCN1C(CN)c1ccc(C2CC2)cc1. The lowest BCUT2D eigenvalue weighted by Crippen LogP contribution is -2.55. The molecule has 1 atom stereocenters. The van der Waals surface area contributed by atoms with Crippen LogP contribution in [0.1, 0.15) is 49.8 Å². The highest BCUT2D eigenvalue weighted by Gasteiger charge is 2.35. The summed E-state index contributed by atoms with van der Waals surface area (Å²) in [4.78, 5) is 2.50. The second-order valence-electron chi connectivity index (χ2n) is 6.75. The summed E-state index contributed by atoms with van der Waals surface area (Å²) in [6, 6.07) is 9.43. The molecule has 1 saturated heterocycles. The van der Waals surface area contributed by atoms with E-state index in [0.29, 0.717) is 12.6 Å². The van der Waals surface area contributed by atoms with E-state index in [1.807, 2.05) is 0 Å². The van der Waals surface area contributed by atoms with Crippen LogP contribution in [0.15, 0.2) is 24.3 Å². The first-order chi connectivity index (χ1) is 9.62. The molecular weight excluding hydrogens is 248 g/mol. The van der Waals surface area contributed by atoms with Crippen LogP contribution in [-0.4, -0.2) is 36.7 Å². The summed E-state index contributed by atoms with van der Waals surface area (Å²) in [6.45, 7) is 7.69. The number of hydrogen-bond acceptors (Lipinski definition) is 3. The van der Waals surface area contributed by atoms with Crippen LogP contribution >= 0.6 is 0 Å². The minimum Gasteiger partial charge on any atom is -0.378 e. The van der Waals surface area contributed by atoms with Crippen molar-refractivity contribution in [2.24, 2.45) is 5.73 Å². The van der Waals surface area contributed by atoms with Gasteiger partial charge in [0.05, 0.1) is 13.2 Å². The molecule has 3 rings (SSSR count). The first kappa shape index (κ1) is 14.1. The Kier molecular flexibility index (Phi) is 3.85. The van der Waals surface area contributed by atoms with Gasteiger partial charge in [0, 0.05) is 24.7 Å². The predicted molar refractivity (Wildman–Crippen MR) is 81.8 cm³/mol. The first-order valence-electron chi connectivity index (χ1n) is 7.76. The maximum Gasteiger partial charge on any atom is 0.0645 e. The minimum atomic E-state index is 0.0530. The third-order valence-electron chi connectivity index (χ3n) is 4.68. The van der Waals surface area contributed by atoms with Crippen LogP contribution in [0.2, 0.25) is 0 Å².